The second-order valence-electron chi connectivity index (χ2n) is 4.19. The molecule has 1 aromatic heterocycles. The van der Waals surface area contributed by atoms with Crippen LogP contribution < -0.4 is 0 Å². The number of aromatic nitrogens is 1. The van der Waals surface area contributed by atoms with E-state index in [4.69, 9.17) is 4.74 Å². The first-order valence-electron chi connectivity index (χ1n) is 5.24. The molecule has 0 N–H and O–H groups in total. The Morgan fingerprint density at radius 1 is 1.67 bits per heavy atom. The predicted octanol–water partition coefficient (Wildman–Crippen LogP) is 2.30. The van der Waals surface area contributed by atoms with E-state index in [0.717, 1.165) is 5.69 Å². The molecule has 0 spiro atoms. The van der Waals surface area contributed by atoms with Gasteiger partial charge >= 0.3 is 5.97 Å². The number of rotatable bonds is 4. The predicted molar refractivity (Wildman–Crippen MR) is 59.0 cm³/mol. The highest BCUT2D eigenvalue weighted by Gasteiger charge is 2.41. The van der Waals surface area contributed by atoms with Gasteiger partial charge in [0.05, 0.1) is 23.7 Å². The van der Waals surface area contributed by atoms with E-state index in [1.54, 1.807) is 11.3 Å². The normalized spacial score (nSPS) is 17.5. The Kier molecular flexibility index (Phi) is 2.78. The molecule has 2 rings (SSSR count). The van der Waals surface area contributed by atoms with Crippen LogP contribution in [0.15, 0.2) is 5.38 Å². The van der Waals surface area contributed by atoms with Gasteiger partial charge in [0.15, 0.2) is 0 Å². The maximum absolute atomic E-state index is 11.2. The van der Waals surface area contributed by atoms with Crippen LogP contribution in [-0.4, -0.2) is 17.6 Å². The Bertz CT molecular complexity index is 368. The van der Waals surface area contributed by atoms with Gasteiger partial charge in [-0.2, -0.15) is 0 Å². The summed E-state index contributed by atoms with van der Waals surface area (Å²) in [6, 6.07) is 0. The lowest BCUT2D eigenvalue weighted by Crippen LogP contribution is -2.08. The second kappa shape index (κ2) is 3.93. The Morgan fingerprint density at radius 2 is 2.40 bits per heavy atom. The van der Waals surface area contributed by atoms with Crippen molar-refractivity contribution in [3.05, 3.63) is 16.1 Å². The molecule has 0 amide bonds. The summed E-state index contributed by atoms with van der Waals surface area (Å²) in [6.07, 6.45) is 2.75. The fourth-order valence-corrected chi connectivity index (χ4v) is 2.47. The smallest absolute Gasteiger partial charge is 0.311 e. The van der Waals surface area contributed by atoms with E-state index in [1.807, 2.05) is 12.3 Å². The van der Waals surface area contributed by atoms with Crippen molar-refractivity contribution in [2.45, 2.75) is 38.5 Å². The molecule has 4 heteroatoms. The maximum atomic E-state index is 11.2. The minimum absolute atomic E-state index is 0.185. The highest BCUT2D eigenvalue weighted by Crippen LogP contribution is 2.48. The number of esters is 1. The molecule has 0 saturated heterocycles. The zero-order chi connectivity index (χ0) is 10.9. The topological polar surface area (TPSA) is 39.2 Å². The molecular weight excluding hydrogens is 210 g/mol. The van der Waals surface area contributed by atoms with Crippen molar-refractivity contribution in [3.63, 3.8) is 0 Å². The van der Waals surface area contributed by atoms with Gasteiger partial charge < -0.3 is 4.74 Å². The molecule has 3 nitrogen and oxygen atoms in total. The quantitative estimate of drug-likeness (QED) is 0.738. The van der Waals surface area contributed by atoms with Crippen LogP contribution in [-0.2, 0) is 21.4 Å². The highest BCUT2D eigenvalue weighted by atomic mass is 32.1. The molecule has 82 valence electrons. The van der Waals surface area contributed by atoms with Crippen molar-refractivity contribution in [2.24, 2.45) is 0 Å². The Labute approximate surface area is 93.5 Å². The van der Waals surface area contributed by atoms with Crippen LogP contribution in [0, 0.1) is 0 Å². The molecule has 1 aromatic rings. The van der Waals surface area contributed by atoms with Crippen LogP contribution in [0.3, 0.4) is 0 Å². The standard InChI is InChI=1S/C11H15NO2S/c1-3-14-9(13)6-8-7-15-10(12-8)11(2)4-5-11/h7H,3-6H2,1-2H3. The molecule has 0 aliphatic heterocycles. The van der Waals surface area contributed by atoms with Crippen LogP contribution in [0.2, 0.25) is 0 Å². The number of carbonyl (C=O) groups excluding carboxylic acids is 1. The first-order valence-corrected chi connectivity index (χ1v) is 6.12. The number of hydrogen-bond donors (Lipinski definition) is 0. The van der Waals surface area contributed by atoms with Gasteiger partial charge in [-0.15, -0.1) is 11.3 Å². The molecule has 1 aliphatic rings. The first-order chi connectivity index (χ1) is 7.14. The molecule has 1 aliphatic carbocycles. The lowest BCUT2D eigenvalue weighted by atomic mass is 10.2. The molecule has 0 radical (unpaired) electrons. The summed E-state index contributed by atoms with van der Waals surface area (Å²) in [5.74, 6) is -0.185. The largest absolute Gasteiger partial charge is 0.466 e. The summed E-state index contributed by atoms with van der Waals surface area (Å²) >= 11 is 1.66. The average Bonchev–Trinajstić information content (AvgIpc) is 2.77. The van der Waals surface area contributed by atoms with Gasteiger partial charge in [0.2, 0.25) is 0 Å². The Morgan fingerprint density at radius 3 is 3.00 bits per heavy atom. The van der Waals surface area contributed by atoms with E-state index in [1.165, 1.54) is 17.8 Å². The number of ether oxygens (including phenoxy) is 1. The summed E-state index contributed by atoms with van der Waals surface area (Å²) in [6.45, 7) is 4.48. The molecule has 0 atom stereocenters. The van der Waals surface area contributed by atoms with Gasteiger partial charge in [0.25, 0.3) is 0 Å². The van der Waals surface area contributed by atoms with Crippen molar-refractivity contribution in [3.8, 4) is 0 Å². The molecule has 1 fully saturated rings. The zero-order valence-electron chi connectivity index (χ0n) is 9.08. The minimum Gasteiger partial charge on any atom is -0.466 e. The van der Waals surface area contributed by atoms with Crippen molar-refractivity contribution in [1.82, 2.24) is 4.98 Å². The lowest BCUT2D eigenvalue weighted by Gasteiger charge is -2.01. The lowest BCUT2D eigenvalue weighted by molar-refractivity contribution is -0.142. The van der Waals surface area contributed by atoms with E-state index in [9.17, 15) is 4.79 Å². The number of thiazole rings is 1. The van der Waals surface area contributed by atoms with Gasteiger partial charge in [-0.25, -0.2) is 4.98 Å². The fraction of sp³-hybridized carbons (Fsp3) is 0.636. The Hall–Kier alpha value is -0.900. The summed E-state index contributed by atoms with van der Waals surface area (Å²) < 4.78 is 4.88. The third kappa shape index (κ3) is 2.37. The summed E-state index contributed by atoms with van der Waals surface area (Å²) in [4.78, 5) is 15.7. The van der Waals surface area contributed by atoms with Crippen molar-refractivity contribution < 1.29 is 9.53 Å². The highest BCUT2D eigenvalue weighted by molar-refractivity contribution is 7.09. The Balaban J connectivity index is 1.98. The van der Waals surface area contributed by atoms with Crippen LogP contribution in [0.1, 0.15) is 37.4 Å². The van der Waals surface area contributed by atoms with Crippen LogP contribution in [0.25, 0.3) is 0 Å². The molecular formula is C11H15NO2S. The molecule has 15 heavy (non-hydrogen) atoms. The number of hydrogen-bond acceptors (Lipinski definition) is 4. The zero-order valence-corrected chi connectivity index (χ0v) is 9.89. The third-order valence-electron chi connectivity index (χ3n) is 2.70. The van der Waals surface area contributed by atoms with E-state index in [0.29, 0.717) is 18.4 Å². The molecule has 0 aromatic carbocycles. The minimum atomic E-state index is -0.185. The van der Waals surface area contributed by atoms with Gasteiger partial charge in [0, 0.05) is 10.8 Å². The summed E-state index contributed by atoms with van der Waals surface area (Å²) in [7, 11) is 0. The van der Waals surface area contributed by atoms with Gasteiger partial charge in [0.1, 0.15) is 0 Å². The number of nitrogens with zero attached hydrogens (tertiary/aromatic N) is 1. The van der Waals surface area contributed by atoms with Gasteiger partial charge in [-0.05, 0) is 19.8 Å². The monoisotopic (exact) mass is 225 g/mol. The second-order valence-corrected chi connectivity index (χ2v) is 5.04. The van der Waals surface area contributed by atoms with E-state index < -0.39 is 0 Å². The van der Waals surface area contributed by atoms with E-state index in [-0.39, 0.29) is 5.97 Å². The van der Waals surface area contributed by atoms with Gasteiger partial charge in [-0.3, -0.25) is 4.79 Å². The average molecular weight is 225 g/mol. The van der Waals surface area contributed by atoms with Crippen LogP contribution in [0.4, 0.5) is 0 Å². The summed E-state index contributed by atoms with van der Waals surface area (Å²) in [5, 5.41) is 3.14. The summed E-state index contributed by atoms with van der Waals surface area (Å²) in [5.41, 5.74) is 1.15. The maximum Gasteiger partial charge on any atom is 0.311 e. The SMILES string of the molecule is CCOC(=O)Cc1csc(C2(C)CC2)n1. The number of carbonyl (C=O) groups is 1. The van der Waals surface area contributed by atoms with Crippen molar-refractivity contribution in [2.75, 3.05) is 6.61 Å². The van der Waals surface area contributed by atoms with Gasteiger partial charge in [-0.1, -0.05) is 6.92 Å². The third-order valence-corrected chi connectivity index (χ3v) is 3.90. The van der Waals surface area contributed by atoms with Crippen molar-refractivity contribution in [1.29, 1.82) is 0 Å². The molecule has 1 saturated carbocycles. The van der Waals surface area contributed by atoms with Crippen molar-refractivity contribution >= 4 is 17.3 Å². The molecule has 0 bridgehead atoms. The first kappa shape index (κ1) is 10.6. The fourth-order valence-electron chi connectivity index (χ4n) is 1.43. The molecule has 0 unspecified atom stereocenters. The van der Waals surface area contributed by atoms with Crippen LogP contribution >= 0.6 is 11.3 Å². The van der Waals surface area contributed by atoms with E-state index >= 15 is 0 Å². The van der Waals surface area contributed by atoms with Crippen LogP contribution in [0.5, 0.6) is 0 Å². The molecule has 1 heterocycles. The van der Waals surface area contributed by atoms with E-state index in [2.05, 4.69) is 11.9 Å².